The highest BCUT2D eigenvalue weighted by atomic mass is 16.6. The van der Waals surface area contributed by atoms with Crippen molar-refractivity contribution in [1.29, 1.82) is 0 Å². The summed E-state index contributed by atoms with van der Waals surface area (Å²) >= 11 is 0. The van der Waals surface area contributed by atoms with Crippen LogP contribution in [-0.2, 0) is 23.8 Å². The van der Waals surface area contributed by atoms with Crippen molar-refractivity contribution in [3.8, 4) is 0 Å². The predicted molar refractivity (Wildman–Crippen MR) is 115 cm³/mol. The van der Waals surface area contributed by atoms with Gasteiger partial charge in [0.2, 0.25) is 0 Å². The summed E-state index contributed by atoms with van der Waals surface area (Å²) in [7, 11) is 1.63. The van der Waals surface area contributed by atoms with Gasteiger partial charge in [-0.25, -0.2) is 0 Å². The molecular weight excluding hydrogens is 370 g/mol. The van der Waals surface area contributed by atoms with Gasteiger partial charge in [0.15, 0.2) is 6.10 Å². The van der Waals surface area contributed by atoms with E-state index in [1.807, 2.05) is 38.2 Å². The second kappa shape index (κ2) is 14.3. The molecule has 1 aliphatic rings. The SMILES string of the molecule is CCCC=CC=CC=C(C)C1OCC(C)C(OC)C1OC(=O)CNCCC(C)=O. The predicted octanol–water partition coefficient (Wildman–Crippen LogP) is 3.38. The number of methoxy groups -OCH3 is 1. The van der Waals surface area contributed by atoms with Gasteiger partial charge in [0, 0.05) is 26.0 Å². The van der Waals surface area contributed by atoms with Crippen LogP contribution in [0.25, 0.3) is 0 Å². The third-order valence-corrected chi connectivity index (χ3v) is 4.81. The van der Waals surface area contributed by atoms with Gasteiger partial charge >= 0.3 is 5.97 Å². The first-order chi connectivity index (χ1) is 13.9. The minimum Gasteiger partial charge on any atom is -0.455 e. The van der Waals surface area contributed by atoms with E-state index in [0.29, 0.717) is 19.6 Å². The van der Waals surface area contributed by atoms with E-state index in [1.54, 1.807) is 7.11 Å². The maximum absolute atomic E-state index is 12.3. The van der Waals surface area contributed by atoms with Crippen molar-refractivity contribution >= 4 is 11.8 Å². The Kier molecular flexibility index (Phi) is 12.4. The van der Waals surface area contributed by atoms with E-state index in [4.69, 9.17) is 14.2 Å². The summed E-state index contributed by atoms with van der Waals surface area (Å²) in [4.78, 5) is 23.3. The Balaban J connectivity index is 2.77. The van der Waals surface area contributed by atoms with Crippen molar-refractivity contribution in [2.24, 2.45) is 5.92 Å². The molecule has 1 N–H and O–H groups in total. The van der Waals surface area contributed by atoms with E-state index >= 15 is 0 Å². The summed E-state index contributed by atoms with van der Waals surface area (Å²) in [5.74, 6) is -0.188. The fourth-order valence-electron chi connectivity index (χ4n) is 3.18. The van der Waals surface area contributed by atoms with Crippen molar-refractivity contribution < 1.29 is 23.8 Å². The summed E-state index contributed by atoms with van der Waals surface area (Å²) in [5.41, 5.74) is 0.974. The Labute approximate surface area is 175 Å². The molecule has 0 aromatic carbocycles. The van der Waals surface area contributed by atoms with Gasteiger partial charge in [-0.2, -0.15) is 0 Å². The lowest BCUT2D eigenvalue weighted by molar-refractivity contribution is -0.191. The highest BCUT2D eigenvalue weighted by Gasteiger charge is 2.42. The zero-order valence-corrected chi connectivity index (χ0v) is 18.5. The van der Waals surface area contributed by atoms with E-state index < -0.39 is 6.10 Å². The van der Waals surface area contributed by atoms with Crippen LogP contribution in [0.4, 0.5) is 0 Å². The van der Waals surface area contributed by atoms with Crippen LogP contribution < -0.4 is 5.32 Å². The van der Waals surface area contributed by atoms with Crippen LogP contribution in [0.15, 0.2) is 36.0 Å². The molecule has 0 bridgehead atoms. The maximum Gasteiger partial charge on any atom is 0.320 e. The molecule has 0 radical (unpaired) electrons. The zero-order chi connectivity index (χ0) is 21.6. The second-order valence-electron chi connectivity index (χ2n) is 7.53. The maximum atomic E-state index is 12.3. The molecule has 4 unspecified atom stereocenters. The number of esters is 1. The number of ether oxygens (including phenoxy) is 3. The van der Waals surface area contributed by atoms with E-state index in [1.165, 1.54) is 6.92 Å². The average Bonchev–Trinajstić information content (AvgIpc) is 2.68. The summed E-state index contributed by atoms with van der Waals surface area (Å²) in [6.07, 6.45) is 11.5. The fourth-order valence-corrected chi connectivity index (χ4v) is 3.18. The van der Waals surface area contributed by atoms with Crippen molar-refractivity contribution in [2.75, 3.05) is 26.8 Å². The molecule has 1 fully saturated rings. The molecule has 0 saturated carbocycles. The third kappa shape index (κ3) is 9.52. The number of nitrogens with one attached hydrogen (secondary N) is 1. The van der Waals surface area contributed by atoms with Crippen molar-refractivity contribution in [1.82, 2.24) is 5.32 Å². The van der Waals surface area contributed by atoms with Crippen molar-refractivity contribution in [3.05, 3.63) is 36.0 Å². The lowest BCUT2D eigenvalue weighted by atomic mass is 9.90. The van der Waals surface area contributed by atoms with E-state index in [9.17, 15) is 9.59 Å². The molecular formula is C23H37NO5. The largest absolute Gasteiger partial charge is 0.455 e. The van der Waals surface area contributed by atoms with Gasteiger partial charge in [-0.1, -0.05) is 50.6 Å². The van der Waals surface area contributed by atoms with Crippen LogP contribution in [0.2, 0.25) is 0 Å². The number of ketones is 1. The first-order valence-corrected chi connectivity index (χ1v) is 10.4. The number of unbranched alkanes of at least 4 members (excludes halogenated alkanes) is 1. The monoisotopic (exact) mass is 407 g/mol. The number of Topliss-reactive ketones (excluding diaryl/α,β-unsaturated/α-hetero) is 1. The van der Waals surface area contributed by atoms with E-state index in [0.717, 1.165) is 18.4 Å². The van der Waals surface area contributed by atoms with Crippen LogP contribution in [0.1, 0.15) is 47.0 Å². The number of carbonyl (C=O) groups excluding carboxylic acids is 2. The van der Waals surface area contributed by atoms with Gasteiger partial charge in [-0.05, 0) is 25.8 Å². The van der Waals surface area contributed by atoms with Gasteiger partial charge in [-0.15, -0.1) is 0 Å². The van der Waals surface area contributed by atoms with Crippen LogP contribution in [0.3, 0.4) is 0 Å². The van der Waals surface area contributed by atoms with Gasteiger partial charge in [-0.3, -0.25) is 9.59 Å². The Morgan fingerprint density at radius 2 is 1.93 bits per heavy atom. The normalized spacial score (nSPS) is 25.6. The number of hydrogen-bond acceptors (Lipinski definition) is 6. The topological polar surface area (TPSA) is 73.9 Å². The lowest BCUT2D eigenvalue weighted by Gasteiger charge is -2.40. The molecule has 0 aromatic rings. The molecule has 0 aromatic heterocycles. The summed E-state index contributed by atoms with van der Waals surface area (Å²) < 4.78 is 17.4. The molecule has 0 spiro atoms. The second-order valence-corrected chi connectivity index (χ2v) is 7.53. The number of allylic oxidation sites excluding steroid dienone is 5. The highest BCUT2D eigenvalue weighted by molar-refractivity contribution is 5.76. The molecule has 4 atom stereocenters. The zero-order valence-electron chi connectivity index (χ0n) is 18.5. The van der Waals surface area contributed by atoms with Crippen molar-refractivity contribution in [2.45, 2.75) is 65.3 Å². The van der Waals surface area contributed by atoms with Crippen LogP contribution >= 0.6 is 0 Å². The quantitative estimate of drug-likeness (QED) is 0.304. The molecule has 29 heavy (non-hydrogen) atoms. The third-order valence-electron chi connectivity index (χ3n) is 4.81. The molecule has 1 aliphatic heterocycles. The molecule has 1 saturated heterocycles. The van der Waals surface area contributed by atoms with Crippen LogP contribution in [-0.4, -0.2) is 56.9 Å². The first kappa shape index (κ1) is 25.3. The molecule has 6 nitrogen and oxygen atoms in total. The van der Waals surface area contributed by atoms with Crippen LogP contribution in [0.5, 0.6) is 0 Å². The smallest absolute Gasteiger partial charge is 0.320 e. The Hall–Kier alpha value is -1.76. The molecule has 6 heteroatoms. The summed E-state index contributed by atoms with van der Waals surface area (Å²) in [6, 6.07) is 0. The summed E-state index contributed by atoms with van der Waals surface area (Å²) in [5, 5.41) is 2.94. The van der Waals surface area contributed by atoms with E-state index in [2.05, 4.69) is 18.3 Å². The molecule has 1 heterocycles. The minimum absolute atomic E-state index is 0.0478. The van der Waals surface area contributed by atoms with Gasteiger partial charge in [0.1, 0.15) is 18.0 Å². The minimum atomic E-state index is -0.522. The van der Waals surface area contributed by atoms with Gasteiger partial charge in [0.25, 0.3) is 0 Å². The number of hydrogen-bond donors (Lipinski definition) is 1. The summed E-state index contributed by atoms with van der Waals surface area (Å²) in [6.45, 7) is 8.71. The Morgan fingerprint density at radius 3 is 2.59 bits per heavy atom. The first-order valence-electron chi connectivity index (χ1n) is 10.4. The molecule has 1 rings (SSSR count). The average molecular weight is 408 g/mol. The highest BCUT2D eigenvalue weighted by Crippen LogP contribution is 2.29. The van der Waals surface area contributed by atoms with E-state index in [-0.39, 0.29) is 36.4 Å². The molecule has 0 aliphatic carbocycles. The Bertz CT molecular complexity index is 596. The lowest BCUT2D eigenvalue weighted by Crippen LogP contribution is -2.53. The molecule has 0 amide bonds. The standard InChI is InChI=1S/C23H37NO5/c1-6-7-8-9-10-11-12-17(2)22-23(21(27-5)18(3)16-28-22)29-20(26)15-24-14-13-19(4)25/h8-12,18,21-24H,6-7,13-16H2,1-5H3. The van der Waals surface area contributed by atoms with Gasteiger partial charge < -0.3 is 19.5 Å². The fraction of sp³-hybridized carbons (Fsp3) is 0.652. The van der Waals surface area contributed by atoms with Crippen LogP contribution in [0, 0.1) is 5.92 Å². The van der Waals surface area contributed by atoms with Gasteiger partial charge in [0.05, 0.1) is 13.2 Å². The van der Waals surface area contributed by atoms with Crippen molar-refractivity contribution in [3.63, 3.8) is 0 Å². The number of rotatable bonds is 12. The molecule has 164 valence electrons. The number of carbonyl (C=O) groups is 2. The Morgan fingerprint density at radius 1 is 1.17 bits per heavy atom.